The molecular formula is C19H37N5O6. The number of nitrogens with one attached hydrogen (secondary N) is 3. The predicted molar refractivity (Wildman–Crippen MR) is 111 cm³/mol. The molecule has 0 unspecified atom stereocenters. The summed E-state index contributed by atoms with van der Waals surface area (Å²) in [5.74, 6) is -3.24. The lowest BCUT2D eigenvalue weighted by atomic mass is 10.1. The molecule has 11 heteroatoms. The molecule has 3 amide bonds. The van der Waals surface area contributed by atoms with Crippen LogP contribution >= 0.6 is 0 Å². The molecule has 0 radical (unpaired) electrons. The van der Waals surface area contributed by atoms with Crippen molar-refractivity contribution in [2.45, 2.75) is 83.0 Å². The highest BCUT2D eigenvalue weighted by molar-refractivity contribution is 5.93. The summed E-state index contributed by atoms with van der Waals surface area (Å²) < 4.78 is 0. The smallest absolute Gasteiger partial charge is 0.326 e. The molecule has 0 aromatic carbocycles. The quantitative estimate of drug-likeness (QED) is 0.144. The van der Waals surface area contributed by atoms with Gasteiger partial charge in [0.05, 0.1) is 6.10 Å². The molecule has 0 fully saturated rings. The Bertz CT molecular complexity index is 558. The Labute approximate surface area is 177 Å². The van der Waals surface area contributed by atoms with Gasteiger partial charge in [0, 0.05) is 13.0 Å². The predicted octanol–water partition coefficient (Wildman–Crippen LogP) is -1.43. The number of carboxylic acids is 1. The highest BCUT2D eigenvalue weighted by Gasteiger charge is 2.31. The molecule has 0 saturated heterocycles. The number of carbonyl (C=O) groups is 4. The van der Waals surface area contributed by atoms with Crippen LogP contribution in [0.3, 0.4) is 0 Å². The van der Waals surface area contributed by atoms with Gasteiger partial charge >= 0.3 is 5.97 Å². The lowest BCUT2D eigenvalue weighted by molar-refractivity contribution is -0.143. The molecule has 0 spiro atoms. The van der Waals surface area contributed by atoms with E-state index in [2.05, 4.69) is 22.9 Å². The van der Waals surface area contributed by atoms with Crippen molar-refractivity contribution in [1.82, 2.24) is 16.0 Å². The van der Waals surface area contributed by atoms with Crippen LogP contribution in [-0.4, -0.2) is 71.2 Å². The van der Waals surface area contributed by atoms with Crippen LogP contribution in [0.25, 0.3) is 0 Å². The third-order valence-corrected chi connectivity index (χ3v) is 4.53. The van der Waals surface area contributed by atoms with Crippen molar-refractivity contribution >= 4 is 23.7 Å². The maximum absolute atomic E-state index is 12.5. The van der Waals surface area contributed by atoms with E-state index in [-0.39, 0.29) is 31.8 Å². The van der Waals surface area contributed by atoms with Crippen molar-refractivity contribution < 1.29 is 29.4 Å². The summed E-state index contributed by atoms with van der Waals surface area (Å²) in [7, 11) is 0. The normalized spacial score (nSPS) is 14.8. The molecule has 0 heterocycles. The minimum atomic E-state index is -1.42. The molecule has 11 nitrogen and oxygen atoms in total. The van der Waals surface area contributed by atoms with Gasteiger partial charge in [-0.2, -0.15) is 0 Å². The number of hydrogen-bond donors (Lipinski definition) is 7. The third-order valence-electron chi connectivity index (χ3n) is 4.53. The highest BCUT2D eigenvalue weighted by atomic mass is 16.4. The van der Waals surface area contributed by atoms with E-state index in [1.54, 1.807) is 0 Å². The van der Waals surface area contributed by atoms with E-state index in [0.29, 0.717) is 6.42 Å². The van der Waals surface area contributed by atoms with Gasteiger partial charge < -0.3 is 37.6 Å². The first-order valence-corrected chi connectivity index (χ1v) is 10.4. The van der Waals surface area contributed by atoms with Crippen molar-refractivity contribution in [2.75, 3.05) is 13.1 Å². The van der Waals surface area contributed by atoms with E-state index in [4.69, 9.17) is 16.6 Å². The van der Waals surface area contributed by atoms with Crippen LogP contribution in [0.1, 0.15) is 58.8 Å². The highest BCUT2D eigenvalue weighted by Crippen LogP contribution is 2.05. The van der Waals surface area contributed by atoms with E-state index in [1.807, 2.05) is 0 Å². The Hall–Kier alpha value is -2.24. The lowest BCUT2D eigenvalue weighted by Gasteiger charge is -2.25. The number of rotatable bonds is 16. The van der Waals surface area contributed by atoms with Crippen molar-refractivity contribution in [3.63, 3.8) is 0 Å². The largest absolute Gasteiger partial charge is 0.480 e. The molecule has 0 bridgehead atoms. The summed E-state index contributed by atoms with van der Waals surface area (Å²) >= 11 is 0. The number of aliphatic hydroxyl groups is 1. The van der Waals surface area contributed by atoms with E-state index < -0.39 is 42.0 Å². The van der Waals surface area contributed by atoms with Crippen molar-refractivity contribution in [1.29, 1.82) is 0 Å². The molecule has 0 saturated carbocycles. The molecule has 0 aromatic rings. The number of unbranched alkanes of at least 4 members (excludes halogenated alkanes) is 4. The van der Waals surface area contributed by atoms with E-state index in [9.17, 15) is 24.3 Å². The Morgan fingerprint density at radius 3 is 2.03 bits per heavy atom. The van der Waals surface area contributed by atoms with Gasteiger partial charge in [-0.1, -0.05) is 32.6 Å². The zero-order valence-electron chi connectivity index (χ0n) is 17.9. The van der Waals surface area contributed by atoms with Gasteiger partial charge in [-0.3, -0.25) is 14.4 Å². The SMILES string of the molecule is CCCCCCCC(=O)N[C@@H](CN)C(=O)N[C@H](C(=O)N[C@H](CCN)C(=O)O)[C@@H](C)O. The maximum atomic E-state index is 12.5. The number of nitrogens with two attached hydrogens (primary N) is 2. The molecule has 0 aromatic heterocycles. The maximum Gasteiger partial charge on any atom is 0.326 e. The number of aliphatic carboxylic acids is 1. The second-order valence-electron chi connectivity index (χ2n) is 7.22. The number of carboxylic acid groups (broad SMARTS) is 1. The van der Waals surface area contributed by atoms with Gasteiger partial charge in [-0.15, -0.1) is 0 Å². The number of hydrogen-bond acceptors (Lipinski definition) is 7. The van der Waals surface area contributed by atoms with Gasteiger partial charge in [-0.25, -0.2) is 4.79 Å². The minimum absolute atomic E-state index is 0.0126. The summed E-state index contributed by atoms with van der Waals surface area (Å²) in [5.41, 5.74) is 10.9. The average molecular weight is 432 g/mol. The monoisotopic (exact) mass is 431 g/mol. The Morgan fingerprint density at radius 2 is 1.53 bits per heavy atom. The Balaban J connectivity index is 4.82. The van der Waals surface area contributed by atoms with Crippen LogP contribution < -0.4 is 27.4 Å². The zero-order valence-corrected chi connectivity index (χ0v) is 17.9. The molecule has 4 atom stereocenters. The summed E-state index contributed by atoms with van der Waals surface area (Å²) in [6, 6.07) is -3.75. The van der Waals surface area contributed by atoms with Gasteiger partial charge in [0.2, 0.25) is 17.7 Å². The summed E-state index contributed by atoms with van der Waals surface area (Å²) in [5, 5.41) is 26.1. The molecule has 174 valence electrons. The van der Waals surface area contributed by atoms with Crippen molar-refractivity contribution in [3.05, 3.63) is 0 Å². The van der Waals surface area contributed by atoms with Gasteiger partial charge in [-0.05, 0) is 26.3 Å². The van der Waals surface area contributed by atoms with Crippen molar-refractivity contribution in [3.8, 4) is 0 Å². The molecule has 0 aliphatic heterocycles. The fraction of sp³-hybridized carbons (Fsp3) is 0.789. The Kier molecular flexibility index (Phi) is 14.4. The summed E-state index contributed by atoms with van der Waals surface area (Å²) in [4.78, 5) is 48.0. The first-order valence-electron chi connectivity index (χ1n) is 10.4. The molecule has 9 N–H and O–H groups in total. The fourth-order valence-electron chi connectivity index (χ4n) is 2.73. The summed E-state index contributed by atoms with van der Waals surface area (Å²) in [6.07, 6.45) is 3.78. The lowest BCUT2D eigenvalue weighted by Crippen LogP contribution is -2.60. The Morgan fingerprint density at radius 1 is 0.900 bits per heavy atom. The second-order valence-corrected chi connectivity index (χ2v) is 7.22. The molecule has 0 aliphatic carbocycles. The molecule has 0 rings (SSSR count). The van der Waals surface area contributed by atoms with Crippen LogP contribution in [0.5, 0.6) is 0 Å². The second kappa shape index (κ2) is 15.6. The van der Waals surface area contributed by atoms with E-state index >= 15 is 0 Å². The third kappa shape index (κ3) is 11.1. The average Bonchev–Trinajstić information content (AvgIpc) is 2.68. The first-order chi connectivity index (χ1) is 14.2. The first kappa shape index (κ1) is 27.8. The van der Waals surface area contributed by atoms with Crippen LogP contribution in [0.4, 0.5) is 0 Å². The minimum Gasteiger partial charge on any atom is -0.480 e. The van der Waals surface area contributed by atoms with Crippen LogP contribution in [-0.2, 0) is 19.2 Å². The van der Waals surface area contributed by atoms with Crippen LogP contribution in [0, 0.1) is 0 Å². The molecule has 0 aliphatic rings. The number of amides is 3. The van der Waals surface area contributed by atoms with E-state index in [1.165, 1.54) is 6.92 Å². The van der Waals surface area contributed by atoms with Gasteiger partial charge in [0.25, 0.3) is 0 Å². The fourth-order valence-corrected chi connectivity index (χ4v) is 2.73. The number of carbonyl (C=O) groups excluding carboxylic acids is 3. The van der Waals surface area contributed by atoms with E-state index in [0.717, 1.165) is 25.7 Å². The van der Waals surface area contributed by atoms with Crippen LogP contribution in [0.2, 0.25) is 0 Å². The van der Waals surface area contributed by atoms with Crippen LogP contribution in [0.15, 0.2) is 0 Å². The van der Waals surface area contributed by atoms with Gasteiger partial charge in [0.15, 0.2) is 0 Å². The van der Waals surface area contributed by atoms with Crippen molar-refractivity contribution in [2.24, 2.45) is 11.5 Å². The van der Waals surface area contributed by atoms with Gasteiger partial charge in [0.1, 0.15) is 18.1 Å². The summed E-state index contributed by atoms with van der Waals surface area (Å²) in [6.45, 7) is 3.20. The topological polar surface area (TPSA) is 197 Å². The molecular weight excluding hydrogens is 394 g/mol. The standard InChI is InChI=1S/C19H37N5O6/c1-3-4-5-6-7-8-15(26)22-14(11-21)17(27)24-16(12(2)25)18(28)23-13(9-10-20)19(29)30/h12-14,16,25H,3-11,20-21H2,1-2H3,(H,22,26)(H,23,28)(H,24,27)(H,29,30)/t12-,13-,14+,16+/m1/s1. The number of aliphatic hydroxyl groups excluding tert-OH is 1. The zero-order chi connectivity index (χ0) is 23.1. The molecule has 30 heavy (non-hydrogen) atoms.